The highest BCUT2D eigenvalue weighted by Gasteiger charge is 2.20. The number of hydrogen-bond donors (Lipinski definition) is 2. The van der Waals surface area contributed by atoms with Gasteiger partial charge in [0.2, 0.25) is 0 Å². The van der Waals surface area contributed by atoms with Gasteiger partial charge < -0.3 is 19.9 Å². The van der Waals surface area contributed by atoms with Crippen LogP contribution in [0.4, 0.5) is 0 Å². The lowest BCUT2D eigenvalue weighted by Crippen LogP contribution is -2.34. The summed E-state index contributed by atoms with van der Waals surface area (Å²) >= 11 is 0. The van der Waals surface area contributed by atoms with Gasteiger partial charge in [0.25, 0.3) is 5.91 Å². The minimum atomic E-state index is -0.679. The van der Waals surface area contributed by atoms with E-state index < -0.39 is 5.60 Å². The molecule has 1 unspecified atom stereocenters. The average Bonchev–Trinajstić information content (AvgIpc) is 2.66. The van der Waals surface area contributed by atoms with Gasteiger partial charge in [-0.05, 0) is 56.5 Å². The van der Waals surface area contributed by atoms with Crippen LogP contribution in [-0.4, -0.2) is 35.9 Å². The summed E-state index contributed by atoms with van der Waals surface area (Å²) in [5.74, 6) is 1.42. The highest BCUT2D eigenvalue weighted by molar-refractivity contribution is 5.94. The number of carbonyl (C=O) groups is 1. The van der Waals surface area contributed by atoms with Crippen molar-refractivity contribution in [2.45, 2.75) is 44.8 Å². The third kappa shape index (κ3) is 5.73. The molecule has 1 aliphatic rings. The molecule has 0 aromatic heterocycles. The Hall–Kier alpha value is -2.53. The van der Waals surface area contributed by atoms with Crippen molar-refractivity contribution in [1.29, 1.82) is 0 Å². The fourth-order valence-electron chi connectivity index (χ4n) is 2.93. The lowest BCUT2D eigenvalue weighted by Gasteiger charge is -2.26. The first-order valence-corrected chi connectivity index (χ1v) is 9.39. The van der Waals surface area contributed by atoms with Crippen molar-refractivity contribution in [1.82, 2.24) is 5.32 Å². The van der Waals surface area contributed by atoms with E-state index >= 15 is 0 Å². The molecule has 0 saturated heterocycles. The number of benzene rings is 2. The maximum Gasteiger partial charge on any atom is 0.251 e. The van der Waals surface area contributed by atoms with Gasteiger partial charge >= 0.3 is 0 Å². The molecule has 2 aromatic carbocycles. The molecule has 0 aliphatic carbocycles. The van der Waals surface area contributed by atoms with Crippen molar-refractivity contribution in [3.8, 4) is 11.5 Å². The van der Waals surface area contributed by atoms with Gasteiger partial charge in [0.15, 0.2) is 11.5 Å². The van der Waals surface area contributed by atoms with E-state index in [1.165, 1.54) is 0 Å². The quantitative estimate of drug-likeness (QED) is 0.785. The molecule has 0 fully saturated rings. The number of carbonyl (C=O) groups excluding carboxylic acids is 1. The standard InChI is InChI=1S/C22H27NO4/c1-22(2,25)13-11-16-7-9-17(10-8-16)21(24)23-14-12-18-15-26-19-5-3-4-6-20(19)27-18/h3-10,18,25H,11-15H2,1-2H3,(H,23,24). The number of hydrogen-bond acceptors (Lipinski definition) is 4. The Morgan fingerprint density at radius 2 is 1.85 bits per heavy atom. The Morgan fingerprint density at radius 3 is 2.56 bits per heavy atom. The maximum atomic E-state index is 12.3. The van der Waals surface area contributed by atoms with Gasteiger partial charge in [-0.25, -0.2) is 0 Å². The molecule has 1 amide bonds. The smallest absolute Gasteiger partial charge is 0.251 e. The van der Waals surface area contributed by atoms with Crippen LogP contribution in [0.1, 0.15) is 42.6 Å². The molecule has 0 spiro atoms. The van der Waals surface area contributed by atoms with Gasteiger partial charge in [-0.3, -0.25) is 4.79 Å². The van der Waals surface area contributed by atoms with Gasteiger partial charge in [-0.15, -0.1) is 0 Å². The first-order valence-electron chi connectivity index (χ1n) is 9.39. The van der Waals surface area contributed by atoms with Gasteiger partial charge in [0, 0.05) is 18.5 Å². The number of amides is 1. The van der Waals surface area contributed by atoms with Crippen molar-refractivity contribution < 1.29 is 19.4 Å². The highest BCUT2D eigenvalue weighted by atomic mass is 16.6. The predicted octanol–water partition coefficient (Wildman–Crippen LogP) is 3.35. The van der Waals surface area contributed by atoms with Crippen molar-refractivity contribution in [2.75, 3.05) is 13.2 Å². The van der Waals surface area contributed by atoms with Crippen LogP contribution in [0.3, 0.4) is 0 Å². The third-order valence-corrected chi connectivity index (χ3v) is 4.56. The molecule has 5 heteroatoms. The summed E-state index contributed by atoms with van der Waals surface area (Å²) in [5, 5.41) is 12.7. The molecular weight excluding hydrogens is 342 g/mol. The second-order valence-corrected chi connectivity index (χ2v) is 7.55. The topological polar surface area (TPSA) is 67.8 Å². The molecule has 27 heavy (non-hydrogen) atoms. The van der Waals surface area contributed by atoms with E-state index in [4.69, 9.17) is 9.47 Å². The van der Waals surface area contributed by atoms with Crippen LogP contribution >= 0.6 is 0 Å². The summed E-state index contributed by atoms with van der Waals surface area (Å²) in [6, 6.07) is 15.1. The van der Waals surface area contributed by atoms with Crippen LogP contribution in [-0.2, 0) is 6.42 Å². The Bertz CT molecular complexity index is 765. The van der Waals surface area contributed by atoms with Gasteiger partial charge in [0.1, 0.15) is 12.7 Å². The second-order valence-electron chi connectivity index (χ2n) is 7.55. The lowest BCUT2D eigenvalue weighted by molar-refractivity contribution is 0.0713. The van der Waals surface area contributed by atoms with E-state index in [1.54, 1.807) is 13.8 Å². The lowest BCUT2D eigenvalue weighted by atomic mass is 9.98. The second kappa shape index (κ2) is 8.44. The van der Waals surface area contributed by atoms with Gasteiger partial charge in [0.05, 0.1) is 5.60 Å². The molecule has 144 valence electrons. The molecule has 2 aromatic rings. The van der Waals surface area contributed by atoms with Crippen LogP contribution in [0.25, 0.3) is 0 Å². The van der Waals surface area contributed by atoms with E-state index in [9.17, 15) is 9.90 Å². The summed E-state index contributed by atoms with van der Waals surface area (Å²) in [6.45, 7) is 4.61. The highest BCUT2D eigenvalue weighted by Crippen LogP contribution is 2.31. The van der Waals surface area contributed by atoms with E-state index in [-0.39, 0.29) is 12.0 Å². The minimum absolute atomic E-state index is 0.0654. The summed E-state index contributed by atoms with van der Waals surface area (Å²) in [4.78, 5) is 12.3. The van der Waals surface area contributed by atoms with Crippen molar-refractivity contribution in [3.63, 3.8) is 0 Å². The molecule has 1 aliphatic heterocycles. The van der Waals surface area contributed by atoms with Gasteiger partial charge in [-0.1, -0.05) is 24.3 Å². The summed E-state index contributed by atoms with van der Waals surface area (Å²) in [5.41, 5.74) is 1.06. The van der Waals surface area contributed by atoms with Crippen molar-refractivity contribution in [2.24, 2.45) is 0 Å². The maximum absolute atomic E-state index is 12.3. The summed E-state index contributed by atoms with van der Waals surface area (Å²) < 4.78 is 11.6. The summed E-state index contributed by atoms with van der Waals surface area (Å²) in [7, 11) is 0. The third-order valence-electron chi connectivity index (χ3n) is 4.56. The molecule has 3 rings (SSSR count). The number of nitrogens with one attached hydrogen (secondary N) is 1. The minimum Gasteiger partial charge on any atom is -0.486 e. The van der Waals surface area contributed by atoms with E-state index in [0.717, 1.165) is 23.5 Å². The molecule has 2 N–H and O–H groups in total. The zero-order valence-corrected chi connectivity index (χ0v) is 15.9. The van der Waals surface area contributed by atoms with E-state index in [2.05, 4.69) is 5.32 Å². The molecular formula is C22H27NO4. The Labute approximate surface area is 160 Å². The van der Waals surface area contributed by atoms with Crippen LogP contribution in [0.15, 0.2) is 48.5 Å². The Kier molecular flexibility index (Phi) is 6.01. The van der Waals surface area contributed by atoms with Crippen LogP contribution in [0.2, 0.25) is 0 Å². The Balaban J connectivity index is 1.43. The van der Waals surface area contributed by atoms with Crippen LogP contribution < -0.4 is 14.8 Å². The largest absolute Gasteiger partial charge is 0.486 e. The molecule has 1 atom stereocenters. The fourth-order valence-corrected chi connectivity index (χ4v) is 2.93. The number of aryl methyl sites for hydroxylation is 1. The normalized spacial score (nSPS) is 16.0. The first-order chi connectivity index (χ1) is 12.9. The zero-order valence-electron chi connectivity index (χ0n) is 15.9. The van der Waals surface area contributed by atoms with E-state index in [0.29, 0.717) is 31.6 Å². The predicted molar refractivity (Wildman–Crippen MR) is 104 cm³/mol. The number of fused-ring (bicyclic) bond motifs is 1. The molecule has 1 heterocycles. The molecule has 0 saturated carbocycles. The van der Waals surface area contributed by atoms with Crippen molar-refractivity contribution >= 4 is 5.91 Å². The fraction of sp³-hybridized carbons (Fsp3) is 0.409. The van der Waals surface area contributed by atoms with E-state index in [1.807, 2.05) is 48.5 Å². The molecule has 0 radical (unpaired) electrons. The number of rotatable bonds is 7. The number of ether oxygens (including phenoxy) is 2. The first kappa shape index (κ1) is 19.2. The zero-order chi connectivity index (χ0) is 19.3. The number of para-hydroxylation sites is 2. The van der Waals surface area contributed by atoms with Crippen LogP contribution in [0.5, 0.6) is 11.5 Å². The molecule has 5 nitrogen and oxygen atoms in total. The number of aliphatic hydroxyl groups is 1. The monoisotopic (exact) mass is 369 g/mol. The molecule has 0 bridgehead atoms. The SMILES string of the molecule is CC(C)(O)CCc1ccc(C(=O)NCCC2COc3ccccc3O2)cc1. The Morgan fingerprint density at radius 1 is 1.15 bits per heavy atom. The van der Waals surface area contributed by atoms with Crippen molar-refractivity contribution in [3.05, 3.63) is 59.7 Å². The van der Waals surface area contributed by atoms with Gasteiger partial charge in [-0.2, -0.15) is 0 Å². The summed E-state index contributed by atoms with van der Waals surface area (Å²) in [6.07, 6.45) is 2.09. The van der Waals surface area contributed by atoms with Crippen LogP contribution in [0, 0.1) is 0 Å². The average molecular weight is 369 g/mol.